The Bertz CT molecular complexity index is 1070. The molecule has 1 fully saturated rings. The summed E-state index contributed by atoms with van der Waals surface area (Å²) in [5.41, 5.74) is 1.50. The van der Waals surface area contributed by atoms with E-state index >= 15 is 0 Å². The van der Waals surface area contributed by atoms with Gasteiger partial charge in [0.05, 0.1) is 14.1 Å². The van der Waals surface area contributed by atoms with Crippen LogP contribution in [0.2, 0.25) is 0 Å². The highest BCUT2D eigenvalue weighted by molar-refractivity contribution is 9.10. The van der Waals surface area contributed by atoms with Crippen LogP contribution in [0.3, 0.4) is 0 Å². The molecule has 11 heteroatoms. The van der Waals surface area contributed by atoms with E-state index in [1.54, 1.807) is 19.9 Å². The van der Waals surface area contributed by atoms with Crippen LogP contribution in [0.15, 0.2) is 57.9 Å². The highest BCUT2D eigenvalue weighted by atomic mass is 79.9. The average molecular weight is 517 g/mol. The first-order valence-corrected chi connectivity index (χ1v) is 12.5. The number of nitrogens with one attached hydrogen (secondary N) is 1. The monoisotopic (exact) mass is 516 g/mol. The summed E-state index contributed by atoms with van der Waals surface area (Å²) in [6, 6.07) is 11.7. The molecule has 8 nitrogen and oxygen atoms in total. The van der Waals surface area contributed by atoms with E-state index in [2.05, 4.69) is 15.9 Å². The van der Waals surface area contributed by atoms with Crippen LogP contribution in [0.1, 0.15) is 13.8 Å². The second kappa shape index (κ2) is 8.75. The van der Waals surface area contributed by atoms with E-state index < -0.39 is 37.5 Å². The summed E-state index contributed by atoms with van der Waals surface area (Å²) in [6.07, 6.45) is 0. The molecule has 0 aliphatic carbocycles. The number of amides is 1. The molecule has 3 rings (SSSR count). The third-order valence-electron chi connectivity index (χ3n) is 4.88. The number of ether oxygens (including phenoxy) is 1. The van der Waals surface area contributed by atoms with Crippen molar-refractivity contribution in [2.45, 2.75) is 29.5 Å². The quantitative estimate of drug-likeness (QED) is 0.466. The molecular weight excluding hydrogens is 496 g/mol. The molecule has 0 bridgehead atoms. The van der Waals surface area contributed by atoms with E-state index in [1.807, 2.05) is 18.2 Å². The van der Waals surface area contributed by atoms with E-state index in [4.69, 9.17) is 9.94 Å². The molecule has 30 heavy (non-hydrogen) atoms. The number of carbonyl (C=O) groups is 1. The van der Waals surface area contributed by atoms with Gasteiger partial charge in [-0.15, -0.1) is 0 Å². The summed E-state index contributed by atoms with van der Waals surface area (Å²) in [5, 5.41) is 9.12. The maximum absolute atomic E-state index is 13.3. The SMILES string of the molecule is CC1(C)C(C(=O)NO)N(S(=O)(=O)c2ccc(Oc3ccccc3Br)cc2)CC[S@]1=O. The Labute approximate surface area is 185 Å². The Morgan fingerprint density at radius 1 is 1.23 bits per heavy atom. The number of hydrogen-bond donors (Lipinski definition) is 2. The predicted molar refractivity (Wildman–Crippen MR) is 115 cm³/mol. The number of rotatable bonds is 5. The second-order valence-corrected chi connectivity index (χ2v) is 12.0. The number of carbonyl (C=O) groups excluding carboxylic acids is 1. The van der Waals surface area contributed by atoms with Crippen LogP contribution in [0.25, 0.3) is 0 Å². The van der Waals surface area contributed by atoms with Gasteiger partial charge in [0, 0.05) is 23.1 Å². The van der Waals surface area contributed by atoms with Crippen molar-refractivity contribution in [2.75, 3.05) is 12.3 Å². The Hall–Kier alpha value is -1.79. The van der Waals surface area contributed by atoms with Crippen molar-refractivity contribution in [2.24, 2.45) is 0 Å². The minimum Gasteiger partial charge on any atom is -0.456 e. The van der Waals surface area contributed by atoms with Gasteiger partial charge in [-0.1, -0.05) is 12.1 Å². The lowest BCUT2D eigenvalue weighted by Gasteiger charge is -2.42. The highest BCUT2D eigenvalue weighted by Crippen LogP contribution is 2.34. The molecule has 0 aromatic heterocycles. The van der Waals surface area contributed by atoms with Gasteiger partial charge in [0.15, 0.2) is 0 Å². The first-order chi connectivity index (χ1) is 14.1. The number of halogens is 1. The zero-order valence-corrected chi connectivity index (χ0v) is 19.5. The summed E-state index contributed by atoms with van der Waals surface area (Å²) in [7, 11) is -5.54. The van der Waals surface area contributed by atoms with Crippen LogP contribution in [-0.4, -0.2) is 51.1 Å². The number of hydrogen-bond acceptors (Lipinski definition) is 6. The Morgan fingerprint density at radius 2 is 1.87 bits per heavy atom. The molecule has 2 atom stereocenters. The van der Waals surface area contributed by atoms with Crippen molar-refractivity contribution in [1.29, 1.82) is 0 Å². The van der Waals surface area contributed by atoms with Gasteiger partial charge in [-0.05, 0) is 66.2 Å². The summed E-state index contributed by atoms with van der Waals surface area (Å²) in [5.74, 6) is 0.175. The standard InChI is InChI=1S/C19H21BrN2O6S2/c1-19(2)17(18(23)21-24)22(11-12-29(19)25)30(26,27)14-9-7-13(8-10-14)28-16-6-4-3-5-15(16)20/h3-10,17,24H,11-12H2,1-2H3,(H,21,23)/t17?,29-/m1/s1. The van der Waals surface area contributed by atoms with Crippen molar-refractivity contribution in [3.63, 3.8) is 0 Å². The molecule has 2 aromatic carbocycles. The fraction of sp³-hybridized carbons (Fsp3) is 0.316. The Kier molecular flexibility index (Phi) is 6.68. The lowest BCUT2D eigenvalue weighted by molar-refractivity contribution is -0.134. The molecule has 1 saturated heterocycles. The van der Waals surface area contributed by atoms with E-state index in [-0.39, 0.29) is 17.2 Å². The predicted octanol–water partition coefficient (Wildman–Crippen LogP) is 2.65. The third-order valence-corrected chi connectivity index (χ3v) is 9.37. The van der Waals surface area contributed by atoms with Crippen molar-refractivity contribution >= 4 is 42.7 Å². The number of para-hydroxylation sites is 1. The summed E-state index contributed by atoms with van der Waals surface area (Å²) in [4.78, 5) is 12.2. The van der Waals surface area contributed by atoms with Crippen molar-refractivity contribution < 1.29 is 27.4 Å². The maximum Gasteiger partial charge on any atom is 0.263 e. The average Bonchev–Trinajstić information content (AvgIpc) is 2.71. The molecule has 1 amide bonds. The van der Waals surface area contributed by atoms with Crippen molar-refractivity contribution in [3.05, 3.63) is 53.0 Å². The molecule has 1 heterocycles. The molecule has 2 aromatic rings. The van der Waals surface area contributed by atoms with Crippen LogP contribution in [0, 0.1) is 0 Å². The minimum absolute atomic E-state index is 0.0406. The van der Waals surface area contributed by atoms with Gasteiger partial charge in [-0.25, -0.2) is 13.9 Å². The number of sulfonamides is 1. The van der Waals surface area contributed by atoms with Crippen LogP contribution < -0.4 is 10.2 Å². The first kappa shape index (κ1) is 22.9. The molecule has 0 radical (unpaired) electrons. The highest BCUT2D eigenvalue weighted by Gasteiger charge is 2.51. The van der Waals surface area contributed by atoms with E-state index in [0.29, 0.717) is 11.5 Å². The number of hydroxylamine groups is 1. The van der Waals surface area contributed by atoms with E-state index in [0.717, 1.165) is 8.78 Å². The molecule has 1 aliphatic rings. The van der Waals surface area contributed by atoms with Gasteiger partial charge < -0.3 is 4.74 Å². The van der Waals surface area contributed by atoms with Crippen LogP contribution >= 0.6 is 15.9 Å². The van der Waals surface area contributed by atoms with Gasteiger partial charge in [-0.3, -0.25) is 14.2 Å². The molecule has 1 unspecified atom stereocenters. The van der Waals surface area contributed by atoms with Crippen LogP contribution in [0.4, 0.5) is 0 Å². The summed E-state index contributed by atoms with van der Waals surface area (Å²) >= 11 is 3.38. The molecule has 2 N–H and O–H groups in total. The van der Waals surface area contributed by atoms with Crippen molar-refractivity contribution in [1.82, 2.24) is 9.79 Å². The minimum atomic E-state index is -4.10. The van der Waals surface area contributed by atoms with Gasteiger partial charge in [0.1, 0.15) is 17.5 Å². The zero-order valence-electron chi connectivity index (χ0n) is 16.2. The molecule has 162 valence electrons. The fourth-order valence-electron chi connectivity index (χ4n) is 3.27. The summed E-state index contributed by atoms with van der Waals surface area (Å²) in [6.45, 7) is 2.98. The fourth-order valence-corrected chi connectivity index (χ4v) is 6.91. The van der Waals surface area contributed by atoms with Gasteiger partial charge in [0.2, 0.25) is 10.0 Å². The topological polar surface area (TPSA) is 113 Å². The van der Waals surface area contributed by atoms with Crippen molar-refractivity contribution in [3.8, 4) is 11.5 Å². The van der Waals surface area contributed by atoms with Crippen LogP contribution in [-0.2, 0) is 25.6 Å². The van der Waals surface area contributed by atoms with Gasteiger partial charge in [-0.2, -0.15) is 4.31 Å². The lowest BCUT2D eigenvalue weighted by atomic mass is 10.0. The normalized spacial score (nSPS) is 21.7. The van der Waals surface area contributed by atoms with E-state index in [1.165, 1.54) is 29.7 Å². The molecule has 1 aliphatic heterocycles. The maximum atomic E-state index is 13.3. The largest absolute Gasteiger partial charge is 0.456 e. The van der Waals surface area contributed by atoms with Gasteiger partial charge >= 0.3 is 0 Å². The molecule has 0 saturated carbocycles. The first-order valence-electron chi connectivity index (χ1n) is 8.95. The zero-order chi connectivity index (χ0) is 22.1. The molecule has 0 spiro atoms. The number of nitrogens with zero attached hydrogens (tertiary/aromatic N) is 1. The molecular formula is C19H21BrN2O6S2. The van der Waals surface area contributed by atoms with Crippen LogP contribution in [0.5, 0.6) is 11.5 Å². The van der Waals surface area contributed by atoms with E-state index in [9.17, 15) is 17.4 Å². The Balaban J connectivity index is 1.91. The second-order valence-electron chi connectivity index (χ2n) is 7.15. The summed E-state index contributed by atoms with van der Waals surface area (Å²) < 4.78 is 45.2. The Morgan fingerprint density at radius 3 is 2.47 bits per heavy atom. The lowest BCUT2D eigenvalue weighted by Crippen LogP contribution is -2.64. The smallest absolute Gasteiger partial charge is 0.263 e. The number of benzene rings is 2. The third kappa shape index (κ3) is 4.30. The van der Waals surface area contributed by atoms with Gasteiger partial charge in [0.25, 0.3) is 5.91 Å².